The van der Waals surface area contributed by atoms with Crippen molar-refractivity contribution in [2.45, 2.75) is 38.4 Å². The molecule has 2 amide bonds. The fraction of sp³-hybridized carbons (Fsp3) is 0.304. The van der Waals surface area contributed by atoms with E-state index < -0.39 is 0 Å². The third-order valence-corrected chi connectivity index (χ3v) is 5.75. The van der Waals surface area contributed by atoms with Crippen LogP contribution in [-0.2, 0) is 29.0 Å². The van der Waals surface area contributed by atoms with Crippen molar-refractivity contribution in [3.63, 3.8) is 0 Å². The van der Waals surface area contributed by atoms with Crippen LogP contribution in [0.3, 0.4) is 0 Å². The molecule has 3 aromatic rings. The van der Waals surface area contributed by atoms with E-state index in [0.717, 1.165) is 17.7 Å². The molecule has 0 unspecified atom stereocenters. The lowest BCUT2D eigenvalue weighted by atomic mass is 10.1. The lowest BCUT2D eigenvalue weighted by Gasteiger charge is -2.10. The molecule has 1 aromatic heterocycles. The van der Waals surface area contributed by atoms with Crippen LogP contribution in [0.15, 0.2) is 53.7 Å². The summed E-state index contributed by atoms with van der Waals surface area (Å²) in [6, 6.07) is 14.9. The minimum Gasteiger partial charge on any atom is -0.497 e. The number of methoxy groups -OCH3 is 1. The first-order valence-electron chi connectivity index (χ1n) is 10.4. The first kappa shape index (κ1) is 23.3. The number of nitrogens with one attached hydrogen (secondary N) is 2. The summed E-state index contributed by atoms with van der Waals surface area (Å²) in [7, 11) is 1.58. The maximum Gasteiger partial charge on any atom is 0.234 e. The minimum absolute atomic E-state index is 0.107. The average molecular weight is 454 g/mol. The van der Waals surface area contributed by atoms with E-state index in [1.165, 1.54) is 11.8 Å². The number of carbonyl (C=O) groups is 2. The predicted molar refractivity (Wildman–Crippen MR) is 126 cm³/mol. The van der Waals surface area contributed by atoms with E-state index in [1.807, 2.05) is 54.8 Å². The topological polar surface area (TPSA) is 98.1 Å². The molecule has 168 valence electrons. The number of hydrogen-bond acceptors (Lipinski definition) is 6. The van der Waals surface area contributed by atoms with Gasteiger partial charge >= 0.3 is 0 Å². The standard InChI is InChI=1S/C23H27N5O3S/c1-4-16-9-6-7-12-19(16)25-21(29)14-20-26-27-23(28(20)5-2)32-15-22(30)24-17-10-8-11-18(13-17)31-3/h6-13H,4-5,14-15H2,1-3H3,(H,24,30)(H,25,29). The predicted octanol–water partition coefficient (Wildman–Crippen LogP) is 3.78. The van der Waals surface area contributed by atoms with Crippen molar-refractivity contribution in [2.24, 2.45) is 0 Å². The van der Waals surface area contributed by atoms with Crippen LogP contribution in [0, 0.1) is 0 Å². The number of aryl methyl sites for hydroxylation is 1. The molecule has 0 atom stereocenters. The van der Waals surface area contributed by atoms with Crippen LogP contribution < -0.4 is 15.4 Å². The lowest BCUT2D eigenvalue weighted by molar-refractivity contribution is -0.116. The third kappa shape index (κ3) is 6.10. The Morgan fingerprint density at radius 3 is 2.59 bits per heavy atom. The molecule has 0 fully saturated rings. The van der Waals surface area contributed by atoms with Gasteiger partial charge in [-0.1, -0.05) is 43.0 Å². The van der Waals surface area contributed by atoms with Gasteiger partial charge in [-0.25, -0.2) is 0 Å². The van der Waals surface area contributed by atoms with Crippen molar-refractivity contribution in [1.29, 1.82) is 0 Å². The van der Waals surface area contributed by atoms with E-state index in [9.17, 15) is 9.59 Å². The lowest BCUT2D eigenvalue weighted by Crippen LogP contribution is -2.18. The molecule has 1 heterocycles. The van der Waals surface area contributed by atoms with Gasteiger partial charge < -0.3 is 19.9 Å². The molecule has 8 nitrogen and oxygen atoms in total. The second-order valence-electron chi connectivity index (χ2n) is 6.95. The Morgan fingerprint density at radius 2 is 1.84 bits per heavy atom. The highest BCUT2D eigenvalue weighted by molar-refractivity contribution is 7.99. The highest BCUT2D eigenvalue weighted by Gasteiger charge is 2.16. The van der Waals surface area contributed by atoms with Crippen LogP contribution in [0.25, 0.3) is 0 Å². The number of nitrogens with zero attached hydrogens (tertiary/aromatic N) is 3. The molecule has 2 N–H and O–H groups in total. The zero-order valence-corrected chi connectivity index (χ0v) is 19.2. The van der Waals surface area contributed by atoms with Crippen molar-refractivity contribution in [3.05, 3.63) is 59.9 Å². The molecule has 0 radical (unpaired) electrons. The number of benzene rings is 2. The average Bonchev–Trinajstić information content (AvgIpc) is 3.19. The van der Waals surface area contributed by atoms with E-state index in [4.69, 9.17) is 4.74 Å². The Balaban J connectivity index is 1.59. The molecule has 0 spiro atoms. The largest absolute Gasteiger partial charge is 0.497 e. The number of rotatable bonds is 10. The fourth-order valence-electron chi connectivity index (χ4n) is 3.19. The molecule has 0 aliphatic carbocycles. The second kappa shape index (κ2) is 11.3. The molecule has 32 heavy (non-hydrogen) atoms. The van der Waals surface area contributed by atoms with Gasteiger partial charge in [0.05, 0.1) is 19.3 Å². The van der Waals surface area contributed by atoms with E-state index in [0.29, 0.717) is 29.0 Å². The van der Waals surface area contributed by atoms with Gasteiger partial charge in [-0.2, -0.15) is 0 Å². The molecule has 0 saturated heterocycles. The maximum absolute atomic E-state index is 12.6. The van der Waals surface area contributed by atoms with Gasteiger partial charge in [0.2, 0.25) is 11.8 Å². The highest BCUT2D eigenvalue weighted by Crippen LogP contribution is 2.21. The van der Waals surface area contributed by atoms with Crippen LogP contribution in [0.5, 0.6) is 5.75 Å². The summed E-state index contributed by atoms with van der Waals surface area (Å²) in [5.74, 6) is 1.09. The van der Waals surface area contributed by atoms with Gasteiger partial charge in [0.1, 0.15) is 11.6 Å². The number of amides is 2. The molecule has 0 bridgehead atoms. The SMILES string of the molecule is CCc1ccccc1NC(=O)Cc1nnc(SCC(=O)Nc2cccc(OC)c2)n1CC. The maximum atomic E-state index is 12.6. The zero-order valence-electron chi connectivity index (χ0n) is 18.4. The van der Waals surface area contributed by atoms with Crippen LogP contribution in [0.4, 0.5) is 11.4 Å². The Kier molecular flexibility index (Phi) is 8.27. The quantitative estimate of drug-likeness (QED) is 0.454. The first-order valence-corrected chi connectivity index (χ1v) is 11.4. The molecule has 0 aliphatic rings. The molecule has 0 saturated carbocycles. The Morgan fingerprint density at radius 1 is 1.03 bits per heavy atom. The molecule has 3 rings (SSSR count). The molecular weight excluding hydrogens is 426 g/mol. The Hall–Kier alpha value is -3.33. The van der Waals surface area contributed by atoms with E-state index >= 15 is 0 Å². The Labute approximate surface area is 191 Å². The van der Waals surface area contributed by atoms with Crippen LogP contribution in [-0.4, -0.2) is 39.4 Å². The van der Waals surface area contributed by atoms with Gasteiger partial charge in [-0.05, 0) is 37.1 Å². The number of thioether (sulfide) groups is 1. The molecular formula is C23H27N5O3S. The minimum atomic E-state index is -0.163. The van der Waals surface area contributed by atoms with Crippen LogP contribution >= 0.6 is 11.8 Å². The summed E-state index contributed by atoms with van der Waals surface area (Å²) in [6.45, 7) is 4.60. The number of hydrogen-bond donors (Lipinski definition) is 2. The number of anilines is 2. The number of ether oxygens (including phenoxy) is 1. The Bertz CT molecular complexity index is 1080. The molecule has 0 aliphatic heterocycles. The highest BCUT2D eigenvalue weighted by atomic mass is 32.2. The zero-order chi connectivity index (χ0) is 22.9. The smallest absolute Gasteiger partial charge is 0.234 e. The van der Waals surface area contributed by atoms with Crippen molar-refractivity contribution >= 4 is 35.0 Å². The van der Waals surface area contributed by atoms with Gasteiger partial charge in [-0.15, -0.1) is 10.2 Å². The van der Waals surface area contributed by atoms with E-state index in [-0.39, 0.29) is 24.0 Å². The number of carbonyl (C=O) groups excluding carboxylic acids is 2. The van der Waals surface area contributed by atoms with Crippen LogP contribution in [0.1, 0.15) is 25.2 Å². The van der Waals surface area contributed by atoms with Crippen molar-refractivity contribution < 1.29 is 14.3 Å². The van der Waals surface area contributed by atoms with E-state index in [2.05, 4.69) is 20.8 Å². The van der Waals surface area contributed by atoms with E-state index in [1.54, 1.807) is 19.2 Å². The van der Waals surface area contributed by atoms with Crippen molar-refractivity contribution in [2.75, 3.05) is 23.5 Å². The summed E-state index contributed by atoms with van der Waals surface area (Å²) >= 11 is 1.28. The monoisotopic (exact) mass is 453 g/mol. The van der Waals surface area contributed by atoms with Gasteiger partial charge in [0.15, 0.2) is 5.16 Å². The van der Waals surface area contributed by atoms with Gasteiger partial charge in [-0.3, -0.25) is 9.59 Å². The van der Waals surface area contributed by atoms with Crippen LogP contribution in [0.2, 0.25) is 0 Å². The summed E-state index contributed by atoms with van der Waals surface area (Å²) in [4.78, 5) is 24.9. The normalized spacial score (nSPS) is 10.6. The summed E-state index contributed by atoms with van der Waals surface area (Å²) in [5, 5.41) is 14.8. The molecule has 2 aromatic carbocycles. The third-order valence-electron chi connectivity index (χ3n) is 4.79. The first-order chi connectivity index (χ1) is 15.5. The number of para-hydroxylation sites is 1. The van der Waals surface area contributed by atoms with Crippen molar-refractivity contribution in [1.82, 2.24) is 14.8 Å². The number of aromatic nitrogens is 3. The van der Waals surface area contributed by atoms with Crippen molar-refractivity contribution in [3.8, 4) is 5.75 Å². The summed E-state index contributed by atoms with van der Waals surface area (Å²) in [5.41, 5.74) is 2.55. The summed E-state index contributed by atoms with van der Waals surface area (Å²) in [6.07, 6.45) is 0.940. The van der Waals surface area contributed by atoms with Gasteiger partial charge in [0.25, 0.3) is 0 Å². The summed E-state index contributed by atoms with van der Waals surface area (Å²) < 4.78 is 7.03. The molecule has 9 heteroatoms. The fourth-order valence-corrected chi connectivity index (χ4v) is 4.01. The van der Waals surface area contributed by atoms with Gasteiger partial charge in [0, 0.05) is 24.0 Å². The second-order valence-corrected chi connectivity index (χ2v) is 7.89.